The lowest BCUT2D eigenvalue weighted by Crippen LogP contribution is -2.45. The molecule has 0 rings (SSSR count). The van der Waals surface area contributed by atoms with Crippen molar-refractivity contribution in [2.45, 2.75) is 231 Å². The summed E-state index contributed by atoms with van der Waals surface area (Å²) in [6.07, 6.45) is 78.7. The van der Waals surface area contributed by atoms with E-state index < -0.39 is 20.0 Å². The van der Waals surface area contributed by atoms with Crippen molar-refractivity contribution >= 4 is 13.7 Å². The van der Waals surface area contributed by atoms with E-state index in [9.17, 15) is 19.4 Å². The van der Waals surface area contributed by atoms with Gasteiger partial charge in [0.2, 0.25) is 5.91 Å². The van der Waals surface area contributed by atoms with Crippen LogP contribution < -0.4 is 10.2 Å². The Morgan fingerprint density at radius 3 is 1.24 bits per heavy atom. The molecule has 0 aliphatic heterocycles. The van der Waals surface area contributed by atoms with Gasteiger partial charge in [-0.1, -0.05) is 245 Å². The molecule has 9 heteroatoms. The fourth-order valence-electron chi connectivity index (χ4n) is 7.67. The molecule has 0 saturated carbocycles. The van der Waals surface area contributed by atoms with Gasteiger partial charge in [-0.3, -0.25) is 9.36 Å². The first kappa shape index (κ1) is 68.9. The number of rotatable bonds is 51. The van der Waals surface area contributed by atoms with Crippen LogP contribution in [0.2, 0.25) is 0 Å². The summed E-state index contributed by atoms with van der Waals surface area (Å²) in [4.78, 5) is 25.3. The third-order valence-electron chi connectivity index (χ3n) is 12.2. The largest absolute Gasteiger partial charge is 0.756 e. The molecule has 72 heavy (non-hydrogen) atoms. The van der Waals surface area contributed by atoms with E-state index >= 15 is 0 Å². The summed E-state index contributed by atoms with van der Waals surface area (Å²) in [6.45, 7) is 4.48. The number of nitrogens with zero attached hydrogens (tertiary/aromatic N) is 1. The summed E-state index contributed by atoms with van der Waals surface area (Å²) in [5.74, 6) is -0.206. The number of phosphoric ester groups is 1. The van der Waals surface area contributed by atoms with E-state index in [0.717, 1.165) is 96.3 Å². The highest BCUT2D eigenvalue weighted by Crippen LogP contribution is 2.38. The van der Waals surface area contributed by atoms with E-state index in [-0.39, 0.29) is 19.1 Å². The van der Waals surface area contributed by atoms with Crippen LogP contribution in [-0.2, 0) is 18.4 Å². The zero-order valence-corrected chi connectivity index (χ0v) is 47.7. The summed E-state index contributed by atoms with van der Waals surface area (Å²) >= 11 is 0. The SMILES string of the molecule is CC/C=C\C/C=C\C/C=C\C/C=C\C/C=C\C/C=C\C/C=C\C/C=C\C/C=C\CCCCCCCCCCCCCCCC(=O)NC(COP(=O)([O-])OCC[N+](C)(C)C)C(O)/C=C/CCCCCCCCC. The van der Waals surface area contributed by atoms with E-state index in [1.165, 1.54) is 103 Å². The maximum absolute atomic E-state index is 12.9. The number of aliphatic hydroxyl groups is 1. The molecule has 0 aromatic heterocycles. The van der Waals surface area contributed by atoms with E-state index in [2.05, 4.69) is 129 Å². The number of aliphatic hydroxyl groups excluding tert-OH is 1. The van der Waals surface area contributed by atoms with Crippen LogP contribution in [0.3, 0.4) is 0 Å². The van der Waals surface area contributed by atoms with Gasteiger partial charge in [-0.25, -0.2) is 0 Å². The molecule has 0 spiro atoms. The molecule has 2 N–H and O–H groups in total. The first-order valence-electron chi connectivity index (χ1n) is 28.9. The van der Waals surface area contributed by atoms with Gasteiger partial charge in [0.1, 0.15) is 13.2 Å². The molecule has 1 amide bonds. The first-order valence-corrected chi connectivity index (χ1v) is 30.4. The fourth-order valence-corrected chi connectivity index (χ4v) is 8.40. The van der Waals surface area contributed by atoms with Crippen molar-refractivity contribution < 1.29 is 32.9 Å². The maximum Gasteiger partial charge on any atom is 0.268 e. The molecule has 3 atom stereocenters. The number of carbonyl (C=O) groups is 1. The number of hydrogen-bond donors (Lipinski definition) is 2. The van der Waals surface area contributed by atoms with Gasteiger partial charge in [0.05, 0.1) is 39.9 Å². The number of nitrogens with one attached hydrogen (secondary N) is 1. The number of unbranched alkanes of at least 4 members (excludes halogenated alkanes) is 20. The second-order valence-electron chi connectivity index (χ2n) is 20.3. The van der Waals surface area contributed by atoms with Crippen molar-refractivity contribution in [3.63, 3.8) is 0 Å². The second kappa shape index (κ2) is 52.8. The van der Waals surface area contributed by atoms with Crippen LogP contribution in [0, 0.1) is 0 Å². The highest BCUT2D eigenvalue weighted by atomic mass is 31.2. The number of quaternary nitrogens is 1. The predicted octanol–water partition coefficient (Wildman–Crippen LogP) is 17.1. The third kappa shape index (κ3) is 54.7. The van der Waals surface area contributed by atoms with Gasteiger partial charge in [-0.2, -0.15) is 0 Å². The Morgan fingerprint density at radius 1 is 0.500 bits per heavy atom. The molecule has 3 unspecified atom stereocenters. The molecular formula is C63H109N2O6P. The molecule has 0 fully saturated rings. The minimum atomic E-state index is -4.59. The van der Waals surface area contributed by atoms with Gasteiger partial charge in [-0.05, 0) is 89.9 Å². The Hall–Kier alpha value is -3.10. The summed E-state index contributed by atoms with van der Waals surface area (Å²) < 4.78 is 23.2. The minimum Gasteiger partial charge on any atom is -0.756 e. The average molecular weight is 1020 g/mol. The minimum absolute atomic E-state index is 0.00582. The van der Waals surface area contributed by atoms with E-state index in [0.29, 0.717) is 17.4 Å². The van der Waals surface area contributed by atoms with Crippen LogP contribution >= 0.6 is 7.82 Å². The van der Waals surface area contributed by atoms with E-state index in [4.69, 9.17) is 9.05 Å². The van der Waals surface area contributed by atoms with Crippen molar-refractivity contribution in [1.82, 2.24) is 5.32 Å². The zero-order chi connectivity index (χ0) is 52.7. The molecule has 0 heterocycles. The lowest BCUT2D eigenvalue weighted by atomic mass is 10.0. The quantitative estimate of drug-likeness (QED) is 0.0272. The Kier molecular flexibility index (Phi) is 50.5. The molecule has 0 aromatic carbocycles. The van der Waals surface area contributed by atoms with Gasteiger partial charge in [0.25, 0.3) is 7.82 Å². The first-order chi connectivity index (χ1) is 35.0. The van der Waals surface area contributed by atoms with Gasteiger partial charge in [0, 0.05) is 6.42 Å². The number of allylic oxidation sites excluding steroid dienone is 19. The van der Waals surface area contributed by atoms with Crippen LogP contribution in [0.15, 0.2) is 122 Å². The van der Waals surface area contributed by atoms with Crippen molar-refractivity contribution in [3.8, 4) is 0 Å². The Labute approximate surface area is 444 Å². The van der Waals surface area contributed by atoms with Crippen LogP contribution in [0.1, 0.15) is 219 Å². The predicted molar refractivity (Wildman–Crippen MR) is 311 cm³/mol. The highest BCUT2D eigenvalue weighted by Gasteiger charge is 2.23. The number of likely N-dealkylation sites (N-methyl/N-ethyl adjacent to an activating group) is 1. The average Bonchev–Trinajstić information content (AvgIpc) is 3.34. The molecule has 412 valence electrons. The van der Waals surface area contributed by atoms with Gasteiger partial charge >= 0.3 is 0 Å². The van der Waals surface area contributed by atoms with Gasteiger partial charge in [0.15, 0.2) is 0 Å². The number of carbonyl (C=O) groups excluding carboxylic acids is 1. The Balaban J connectivity index is 3.96. The third-order valence-corrected chi connectivity index (χ3v) is 13.1. The number of hydrogen-bond acceptors (Lipinski definition) is 6. The van der Waals surface area contributed by atoms with Crippen LogP contribution in [-0.4, -0.2) is 68.5 Å². The Morgan fingerprint density at radius 2 is 0.847 bits per heavy atom. The zero-order valence-electron chi connectivity index (χ0n) is 46.8. The Bertz CT molecular complexity index is 1580. The highest BCUT2D eigenvalue weighted by molar-refractivity contribution is 7.45. The number of phosphoric acid groups is 1. The lowest BCUT2D eigenvalue weighted by Gasteiger charge is -2.29. The fraction of sp³-hybridized carbons (Fsp3) is 0.667. The van der Waals surface area contributed by atoms with Crippen molar-refractivity contribution in [2.75, 3.05) is 40.9 Å². The summed E-state index contributed by atoms with van der Waals surface area (Å²) in [5, 5.41) is 13.8. The summed E-state index contributed by atoms with van der Waals surface area (Å²) in [5.41, 5.74) is 0. The lowest BCUT2D eigenvalue weighted by molar-refractivity contribution is -0.870. The molecule has 0 saturated heterocycles. The molecule has 0 bridgehead atoms. The second-order valence-corrected chi connectivity index (χ2v) is 21.7. The number of amides is 1. The molecule has 0 radical (unpaired) electrons. The van der Waals surface area contributed by atoms with E-state index in [1.54, 1.807) is 6.08 Å². The smallest absolute Gasteiger partial charge is 0.268 e. The standard InChI is InChI=1S/C63H109N2O6P/c1-6-8-10-12-14-16-17-18-19-20-21-22-23-24-25-26-27-28-29-30-31-32-33-34-35-36-37-38-39-40-41-42-43-44-45-46-47-49-51-53-55-57-63(67)64-61(60-71-72(68,69)70-59-58-65(3,4)5)62(66)56-54-52-50-48-15-13-11-9-7-2/h8,10,14,16,18-19,21-22,24-25,27-28,30-31,33-34,36-37,54,56,61-62,66H,6-7,9,11-13,15,17,20,23,26,29,32,35,38-53,55,57-60H2,1-5H3,(H-,64,67,68,69)/b10-8-,16-14-,19-18-,22-21-,25-24-,28-27-,31-30-,34-33-,37-36-,56-54+. The topological polar surface area (TPSA) is 108 Å². The van der Waals surface area contributed by atoms with Crippen LogP contribution in [0.25, 0.3) is 0 Å². The van der Waals surface area contributed by atoms with Crippen LogP contribution in [0.5, 0.6) is 0 Å². The molecule has 0 aromatic rings. The van der Waals surface area contributed by atoms with E-state index in [1.807, 2.05) is 27.2 Å². The maximum atomic E-state index is 12.9. The summed E-state index contributed by atoms with van der Waals surface area (Å²) in [7, 11) is 1.25. The molecule has 0 aliphatic carbocycles. The van der Waals surface area contributed by atoms with Gasteiger partial charge < -0.3 is 28.8 Å². The van der Waals surface area contributed by atoms with Crippen molar-refractivity contribution in [1.29, 1.82) is 0 Å². The summed E-state index contributed by atoms with van der Waals surface area (Å²) in [6, 6.07) is -0.891. The van der Waals surface area contributed by atoms with Crippen molar-refractivity contribution in [3.05, 3.63) is 122 Å². The monoisotopic (exact) mass is 1020 g/mol. The molecule has 8 nitrogen and oxygen atoms in total. The molecular weight excluding hydrogens is 912 g/mol. The van der Waals surface area contributed by atoms with Gasteiger partial charge in [-0.15, -0.1) is 0 Å². The van der Waals surface area contributed by atoms with Crippen molar-refractivity contribution in [2.24, 2.45) is 0 Å². The molecule has 0 aliphatic rings. The normalized spacial score (nSPS) is 14.8. The van der Waals surface area contributed by atoms with Crippen LogP contribution in [0.4, 0.5) is 0 Å².